The first-order valence-corrected chi connectivity index (χ1v) is 7.96. The Bertz CT molecular complexity index is 790. The fourth-order valence-electron chi connectivity index (χ4n) is 2.14. The number of phenols is 1. The molecule has 0 unspecified atom stereocenters. The van der Waals surface area contributed by atoms with E-state index in [0.29, 0.717) is 29.2 Å². The number of benzene rings is 2. The molecule has 4 nitrogen and oxygen atoms in total. The molecule has 2 rings (SSSR count). The fraction of sp³-hybridized carbons (Fsp3) is 0.190. The van der Waals surface area contributed by atoms with Crippen LogP contribution in [0, 0.1) is 0 Å². The van der Waals surface area contributed by atoms with Gasteiger partial charge in [-0.1, -0.05) is 17.7 Å². The number of phenolic OH excluding ortho intramolecular Hbond substituents is 1. The van der Waals surface area contributed by atoms with Crippen LogP contribution in [0.25, 0.3) is 6.08 Å². The van der Waals surface area contributed by atoms with Crippen molar-refractivity contribution < 1.29 is 19.4 Å². The van der Waals surface area contributed by atoms with Crippen molar-refractivity contribution in [2.75, 3.05) is 13.7 Å². The van der Waals surface area contributed by atoms with Gasteiger partial charge in [-0.15, -0.1) is 6.58 Å². The Kier molecular flexibility index (Phi) is 6.40. The zero-order valence-corrected chi connectivity index (χ0v) is 14.5. The van der Waals surface area contributed by atoms with Crippen LogP contribution in [0.4, 0.5) is 0 Å². The highest BCUT2D eigenvalue weighted by Gasteiger charge is 2.05. The van der Waals surface area contributed by atoms with Crippen LogP contribution >= 0.6 is 0 Å². The highest BCUT2D eigenvalue weighted by molar-refractivity contribution is 6.07. The summed E-state index contributed by atoms with van der Waals surface area (Å²) < 4.78 is 10.7. The Balaban J connectivity index is 2.04. The number of rotatable bonds is 8. The molecule has 130 valence electrons. The number of aromatic hydroxyl groups is 1. The van der Waals surface area contributed by atoms with Gasteiger partial charge >= 0.3 is 0 Å². The molecule has 0 aliphatic heterocycles. The third kappa shape index (κ3) is 5.53. The van der Waals surface area contributed by atoms with Gasteiger partial charge in [0.25, 0.3) is 0 Å². The molecular formula is C21H22O4. The standard InChI is InChI=1S/C21H22O4/c1-15(2)11-12-25-19-9-7-16(21(23)14-19)8-10-20(22)17-5-4-6-18(13-17)24-3/h4-10,13-14,23H,1,11-12H2,2-3H3/b10-8+. The summed E-state index contributed by atoms with van der Waals surface area (Å²) in [7, 11) is 1.55. The van der Waals surface area contributed by atoms with Crippen molar-refractivity contribution in [2.24, 2.45) is 0 Å². The molecule has 0 atom stereocenters. The molecule has 2 aromatic carbocycles. The zero-order chi connectivity index (χ0) is 18.2. The second-order valence-electron chi connectivity index (χ2n) is 5.71. The summed E-state index contributed by atoms with van der Waals surface area (Å²) in [4.78, 5) is 12.2. The number of carbonyl (C=O) groups excluding carboxylic acids is 1. The van der Waals surface area contributed by atoms with Crippen molar-refractivity contribution in [1.82, 2.24) is 0 Å². The van der Waals surface area contributed by atoms with Crippen molar-refractivity contribution in [3.8, 4) is 17.2 Å². The quantitative estimate of drug-likeness (QED) is 0.433. The number of methoxy groups -OCH3 is 1. The van der Waals surface area contributed by atoms with Gasteiger partial charge in [-0.3, -0.25) is 4.79 Å². The monoisotopic (exact) mass is 338 g/mol. The van der Waals surface area contributed by atoms with Gasteiger partial charge < -0.3 is 14.6 Å². The summed E-state index contributed by atoms with van der Waals surface area (Å²) in [5.74, 6) is 1.09. The van der Waals surface area contributed by atoms with Crippen LogP contribution in [0.2, 0.25) is 0 Å². The molecule has 0 spiro atoms. The lowest BCUT2D eigenvalue weighted by Crippen LogP contribution is -1.97. The van der Waals surface area contributed by atoms with E-state index in [-0.39, 0.29) is 11.5 Å². The number of allylic oxidation sites excluding steroid dienone is 1. The normalized spacial score (nSPS) is 10.6. The predicted molar refractivity (Wildman–Crippen MR) is 99.4 cm³/mol. The van der Waals surface area contributed by atoms with Gasteiger partial charge in [0.1, 0.15) is 17.2 Å². The second-order valence-corrected chi connectivity index (χ2v) is 5.71. The molecule has 2 aromatic rings. The summed E-state index contributed by atoms with van der Waals surface area (Å²) in [6.45, 7) is 6.27. The van der Waals surface area contributed by atoms with Crippen LogP contribution in [0.5, 0.6) is 17.2 Å². The van der Waals surface area contributed by atoms with Gasteiger partial charge in [0.15, 0.2) is 5.78 Å². The Labute approximate surface area is 148 Å². The third-order valence-corrected chi connectivity index (χ3v) is 3.57. The lowest BCUT2D eigenvalue weighted by atomic mass is 10.1. The molecular weight excluding hydrogens is 316 g/mol. The molecule has 0 aromatic heterocycles. The summed E-state index contributed by atoms with van der Waals surface area (Å²) in [5.41, 5.74) is 2.11. The molecule has 0 fully saturated rings. The van der Waals surface area contributed by atoms with Gasteiger partial charge in [0, 0.05) is 23.6 Å². The Morgan fingerprint density at radius 2 is 2.00 bits per heavy atom. The lowest BCUT2D eigenvalue weighted by molar-refractivity contribution is 0.104. The molecule has 0 amide bonds. The molecule has 0 aliphatic carbocycles. The molecule has 0 saturated carbocycles. The van der Waals surface area contributed by atoms with E-state index in [1.54, 1.807) is 49.6 Å². The number of carbonyl (C=O) groups is 1. The molecule has 4 heteroatoms. The molecule has 0 aliphatic rings. The Morgan fingerprint density at radius 3 is 2.68 bits per heavy atom. The van der Waals surface area contributed by atoms with Crippen molar-refractivity contribution >= 4 is 11.9 Å². The van der Waals surface area contributed by atoms with Crippen LogP contribution in [0.1, 0.15) is 29.3 Å². The number of ketones is 1. The van der Waals surface area contributed by atoms with Crippen molar-refractivity contribution in [2.45, 2.75) is 13.3 Å². The molecule has 0 radical (unpaired) electrons. The van der Waals surface area contributed by atoms with Gasteiger partial charge in [0.05, 0.1) is 13.7 Å². The summed E-state index contributed by atoms with van der Waals surface area (Å²) >= 11 is 0. The van der Waals surface area contributed by atoms with Crippen LogP contribution in [0.3, 0.4) is 0 Å². The summed E-state index contributed by atoms with van der Waals surface area (Å²) in [6.07, 6.45) is 3.76. The van der Waals surface area contributed by atoms with E-state index >= 15 is 0 Å². The Morgan fingerprint density at radius 1 is 1.20 bits per heavy atom. The minimum atomic E-state index is -0.167. The van der Waals surface area contributed by atoms with E-state index in [9.17, 15) is 9.90 Å². The lowest BCUT2D eigenvalue weighted by Gasteiger charge is -2.07. The summed E-state index contributed by atoms with van der Waals surface area (Å²) in [5, 5.41) is 10.1. The van der Waals surface area contributed by atoms with Crippen molar-refractivity contribution in [3.63, 3.8) is 0 Å². The average Bonchev–Trinajstić information content (AvgIpc) is 2.60. The van der Waals surface area contributed by atoms with Crippen LogP contribution in [0.15, 0.2) is 60.7 Å². The summed E-state index contributed by atoms with van der Waals surface area (Å²) in [6, 6.07) is 11.9. The average molecular weight is 338 g/mol. The van der Waals surface area contributed by atoms with Gasteiger partial charge in [-0.2, -0.15) is 0 Å². The number of ether oxygens (including phenoxy) is 2. The first-order valence-electron chi connectivity index (χ1n) is 7.96. The highest BCUT2D eigenvalue weighted by atomic mass is 16.5. The maximum Gasteiger partial charge on any atom is 0.185 e. The molecule has 0 bridgehead atoms. The van der Waals surface area contributed by atoms with E-state index in [4.69, 9.17) is 9.47 Å². The van der Waals surface area contributed by atoms with Gasteiger partial charge in [-0.05, 0) is 43.3 Å². The number of hydrogen-bond acceptors (Lipinski definition) is 4. The van der Waals surface area contributed by atoms with E-state index in [1.165, 1.54) is 12.1 Å². The first kappa shape index (κ1) is 18.3. The maximum atomic E-state index is 12.2. The van der Waals surface area contributed by atoms with Crippen LogP contribution < -0.4 is 9.47 Å². The van der Waals surface area contributed by atoms with Crippen LogP contribution in [-0.2, 0) is 0 Å². The zero-order valence-electron chi connectivity index (χ0n) is 14.5. The van der Waals surface area contributed by atoms with Gasteiger partial charge in [-0.25, -0.2) is 0 Å². The van der Waals surface area contributed by atoms with E-state index in [0.717, 1.165) is 12.0 Å². The minimum absolute atomic E-state index is 0.0579. The third-order valence-electron chi connectivity index (χ3n) is 3.57. The van der Waals surface area contributed by atoms with Gasteiger partial charge in [0.2, 0.25) is 0 Å². The molecule has 0 saturated heterocycles. The van der Waals surface area contributed by atoms with E-state index in [1.807, 2.05) is 6.92 Å². The largest absolute Gasteiger partial charge is 0.507 e. The maximum absolute atomic E-state index is 12.2. The second kappa shape index (κ2) is 8.73. The van der Waals surface area contributed by atoms with E-state index < -0.39 is 0 Å². The van der Waals surface area contributed by atoms with E-state index in [2.05, 4.69) is 6.58 Å². The number of hydrogen-bond donors (Lipinski definition) is 1. The Hall–Kier alpha value is -3.01. The first-order chi connectivity index (χ1) is 12.0. The smallest absolute Gasteiger partial charge is 0.185 e. The topological polar surface area (TPSA) is 55.8 Å². The van der Waals surface area contributed by atoms with Crippen LogP contribution in [-0.4, -0.2) is 24.6 Å². The highest BCUT2D eigenvalue weighted by Crippen LogP contribution is 2.25. The van der Waals surface area contributed by atoms with Crippen molar-refractivity contribution in [1.29, 1.82) is 0 Å². The fourth-order valence-corrected chi connectivity index (χ4v) is 2.14. The predicted octanol–water partition coefficient (Wildman–Crippen LogP) is 4.64. The SMILES string of the molecule is C=C(C)CCOc1ccc(/C=C/C(=O)c2cccc(OC)c2)c(O)c1. The molecule has 1 N–H and O–H groups in total. The molecule has 25 heavy (non-hydrogen) atoms. The molecule has 0 heterocycles. The van der Waals surface area contributed by atoms with Crippen molar-refractivity contribution in [3.05, 3.63) is 71.8 Å². The minimum Gasteiger partial charge on any atom is -0.507 e.